The van der Waals surface area contributed by atoms with Crippen molar-refractivity contribution in [3.63, 3.8) is 0 Å². The number of carbonyl (C=O) groups excluding carboxylic acids is 1. The Morgan fingerprint density at radius 2 is 2.32 bits per heavy atom. The Morgan fingerprint density at radius 3 is 3.12 bits per heavy atom. The van der Waals surface area contributed by atoms with Crippen LogP contribution in [0, 0.1) is 0 Å². The summed E-state index contributed by atoms with van der Waals surface area (Å²) < 4.78 is 13.4. The summed E-state index contributed by atoms with van der Waals surface area (Å²) in [5, 5.41) is 3.06. The second-order valence-electron chi connectivity index (χ2n) is 6.72. The largest absolute Gasteiger partial charge is 0.379 e. The van der Waals surface area contributed by atoms with E-state index in [1.54, 1.807) is 6.33 Å². The summed E-state index contributed by atoms with van der Waals surface area (Å²) >= 11 is 0. The Kier molecular flexibility index (Phi) is 5.67. The first-order valence-electron chi connectivity index (χ1n) is 8.60. The predicted octanol–water partition coefficient (Wildman–Crippen LogP) is 1.04. The molecule has 0 aliphatic carbocycles. The van der Waals surface area contributed by atoms with Gasteiger partial charge in [0.2, 0.25) is 0 Å². The molecule has 0 spiro atoms. The molecular formula is C18H26N4O3. The lowest BCUT2D eigenvalue weighted by molar-refractivity contribution is -0.0561. The summed E-state index contributed by atoms with van der Waals surface area (Å²) in [6, 6.07) is 5.42. The van der Waals surface area contributed by atoms with Crippen molar-refractivity contribution in [2.75, 3.05) is 40.5 Å². The van der Waals surface area contributed by atoms with Crippen molar-refractivity contribution >= 4 is 16.9 Å². The third-order valence-corrected chi connectivity index (χ3v) is 4.47. The van der Waals surface area contributed by atoms with Crippen LogP contribution in [0.1, 0.15) is 16.8 Å². The van der Waals surface area contributed by atoms with Gasteiger partial charge in [-0.15, -0.1) is 0 Å². The molecule has 1 aromatic carbocycles. The summed E-state index contributed by atoms with van der Waals surface area (Å²) in [5.74, 6) is -0.121. The van der Waals surface area contributed by atoms with Crippen LogP contribution < -0.4 is 5.32 Å². The quantitative estimate of drug-likeness (QED) is 0.846. The summed E-state index contributed by atoms with van der Waals surface area (Å²) in [7, 11) is 5.96. The molecule has 0 radical (unpaired) electrons. The molecule has 3 rings (SSSR count). The highest BCUT2D eigenvalue weighted by Gasteiger charge is 2.28. The van der Waals surface area contributed by atoms with E-state index in [9.17, 15) is 4.79 Å². The van der Waals surface area contributed by atoms with Gasteiger partial charge in [-0.05, 0) is 38.7 Å². The Morgan fingerprint density at radius 1 is 1.48 bits per heavy atom. The van der Waals surface area contributed by atoms with Crippen molar-refractivity contribution in [3.8, 4) is 0 Å². The molecule has 1 amide bonds. The number of benzene rings is 1. The van der Waals surface area contributed by atoms with Gasteiger partial charge in [-0.3, -0.25) is 4.79 Å². The fourth-order valence-corrected chi connectivity index (χ4v) is 2.97. The van der Waals surface area contributed by atoms with Crippen molar-refractivity contribution in [1.82, 2.24) is 19.8 Å². The molecule has 25 heavy (non-hydrogen) atoms. The number of aryl methyl sites for hydroxylation is 1. The highest BCUT2D eigenvalue weighted by molar-refractivity contribution is 5.97. The molecule has 1 aliphatic rings. The fraction of sp³-hybridized carbons (Fsp3) is 0.556. The highest BCUT2D eigenvalue weighted by Crippen LogP contribution is 2.16. The molecule has 1 aliphatic heterocycles. The van der Waals surface area contributed by atoms with E-state index < -0.39 is 0 Å². The topological polar surface area (TPSA) is 68.6 Å². The van der Waals surface area contributed by atoms with Crippen molar-refractivity contribution in [2.45, 2.75) is 18.6 Å². The average molecular weight is 346 g/mol. The molecule has 0 unspecified atom stereocenters. The van der Waals surface area contributed by atoms with Crippen LogP contribution in [0.2, 0.25) is 0 Å². The number of amides is 1. The van der Waals surface area contributed by atoms with E-state index in [1.807, 2.05) is 43.9 Å². The number of fused-ring (bicyclic) bond motifs is 1. The maximum atomic E-state index is 12.6. The number of hydrogen-bond donors (Lipinski definition) is 1. The number of likely N-dealkylation sites (N-methyl/N-ethyl adjacent to an activating group) is 1. The van der Waals surface area contributed by atoms with E-state index in [4.69, 9.17) is 9.47 Å². The Balaban J connectivity index is 1.64. The van der Waals surface area contributed by atoms with Crippen LogP contribution in [0.15, 0.2) is 24.5 Å². The molecule has 1 N–H and O–H groups in total. The standard InChI is InChI=1S/C18H26N4O3/c1-21(2)7-9-25-17-6-8-24-11-15(17)20-18(23)13-4-5-16-14(10-13)19-12-22(16)3/h4-5,10,12,15,17H,6-9,11H2,1-3H3,(H,20,23)/t15-,17+/m0/s1. The predicted molar refractivity (Wildman–Crippen MR) is 95.7 cm³/mol. The van der Waals surface area contributed by atoms with E-state index in [1.165, 1.54) is 0 Å². The molecule has 0 saturated carbocycles. The zero-order valence-corrected chi connectivity index (χ0v) is 15.1. The van der Waals surface area contributed by atoms with Gasteiger partial charge in [0.15, 0.2) is 0 Å². The maximum absolute atomic E-state index is 12.6. The first-order valence-corrected chi connectivity index (χ1v) is 8.60. The smallest absolute Gasteiger partial charge is 0.251 e. The SMILES string of the molecule is CN(C)CCO[C@@H]1CCOC[C@@H]1NC(=O)c1ccc2c(c1)ncn2C. The van der Waals surface area contributed by atoms with Crippen molar-refractivity contribution in [3.05, 3.63) is 30.1 Å². The van der Waals surface area contributed by atoms with Gasteiger partial charge < -0.3 is 24.3 Å². The van der Waals surface area contributed by atoms with Gasteiger partial charge in [0, 0.05) is 25.8 Å². The van der Waals surface area contributed by atoms with E-state index in [-0.39, 0.29) is 18.1 Å². The Hall–Kier alpha value is -1.96. The lowest BCUT2D eigenvalue weighted by Crippen LogP contribution is -2.51. The van der Waals surface area contributed by atoms with Gasteiger partial charge in [0.25, 0.3) is 5.91 Å². The molecule has 2 atom stereocenters. The third-order valence-electron chi connectivity index (χ3n) is 4.47. The number of carbonyl (C=O) groups is 1. The van der Waals surface area contributed by atoms with Crippen LogP contribution in [-0.2, 0) is 16.5 Å². The van der Waals surface area contributed by atoms with Crippen LogP contribution in [0.25, 0.3) is 11.0 Å². The second-order valence-corrected chi connectivity index (χ2v) is 6.72. The van der Waals surface area contributed by atoms with E-state index in [0.29, 0.717) is 25.4 Å². The molecule has 136 valence electrons. The van der Waals surface area contributed by atoms with Crippen LogP contribution in [0.4, 0.5) is 0 Å². The Bertz CT molecular complexity index is 728. The lowest BCUT2D eigenvalue weighted by Gasteiger charge is -2.32. The third kappa shape index (κ3) is 4.36. The molecule has 1 saturated heterocycles. The molecule has 2 heterocycles. The van der Waals surface area contributed by atoms with Gasteiger partial charge in [-0.25, -0.2) is 4.98 Å². The lowest BCUT2D eigenvalue weighted by atomic mass is 10.1. The van der Waals surface area contributed by atoms with Crippen molar-refractivity contribution < 1.29 is 14.3 Å². The molecule has 2 aromatic rings. The molecule has 7 heteroatoms. The summed E-state index contributed by atoms with van der Waals surface area (Å²) in [5.41, 5.74) is 2.42. The minimum Gasteiger partial charge on any atom is -0.379 e. The first-order chi connectivity index (χ1) is 12.0. The molecule has 1 aromatic heterocycles. The number of rotatable bonds is 6. The van der Waals surface area contributed by atoms with Gasteiger partial charge in [0.1, 0.15) is 0 Å². The monoisotopic (exact) mass is 346 g/mol. The zero-order valence-electron chi connectivity index (χ0n) is 15.1. The van der Waals surface area contributed by atoms with Gasteiger partial charge >= 0.3 is 0 Å². The number of nitrogens with one attached hydrogen (secondary N) is 1. The van der Waals surface area contributed by atoms with Gasteiger partial charge in [0.05, 0.1) is 42.7 Å². The van der Waals surface area contributed by atoms with Gasteiger partial charge in [-0.2, -0.15) is 0 Å². The minimum absolute atomic E-state index is 0.0174. The number of imidazole rings is 1. The normalized spacial score (nSPS) is 21.0. The Labute approximate surface area is 147 Å². The number of ether oxygens (including phenoxy) is 2. The molecule has 0 bridgehead atoms. The van der Waals surface area contributed by atoms with Crippen LogP contribution in [0.5, 0.6) is 0 Å². The average Bonchev–Trinajstić information content (AvgIpc) is 2.96. The van der Waals surface area contributed by atoms with Gasteiger partial charge in [-0.1, -0.05) is 0 Å². The zero-order chi connectivity index (χ0) is 17.8. The molecular weight excluding hydrogens is 320 g/mol. The van der Waals surface area contributed by atoms with E-state index in [0.717, 1.165) is 24.0 Å². The first kappa shape index (κ1) is 17.8. The summed E-state index contributed by atoms with van der Waals surface area (Å²) in [6.45, 7) is 2.64. The van der Waals surface area contributed by atoms with E-state index in [2.05, 4.69) is 15.2 Å². The maximum Gasteiger partial charge on any atom is 0.251 e. The van der Waals surface area contributed by atoms with E-state index >= 15 is 0 Å². The second kappa shape index (κ2) is 7.95. The fourth-order valence-electron chi connectivity index (χ4n) is 2.97. The number of aromatic nitrogens is 2. The van der Waals surface area contributed by atoms with Crippen LogP contribution in [-0.4, -0.2) is 73.0 Å². The highest BCUT2D eigenvalue weighted by atomic mass is 16.5. The van der Waals surface area contributed by atoms with Crippen molar-refractivity contribution in [2.24, 2.45) is 7.05 Å². The minimum atomic E-state index is -0.136. The van der Waals surface area contributed by atoms with Crippen LogP contribution >= 0.6 is 0 Å². The number of nitrogens with zero attached hydrogens (tertiary/aromatic N) is 3. The summed E-state index contributed by atoms with van der Waals surface area (Å²) in [4.78, 5) is 19.0. The number of hydrogen-bond acceptors (Lipinski definition) is 5. The van der Waals surface area contributed by atoms with Crippen molar-refractivity contribution in [1.29, 1.82) is 0 Å². The van der Waals surface area contributed by atoms with Crippen LogP contribution in [0.3, 0.4) is 0 Å². The summed E-state index contributed by atoms with van der Waals surface area (Å²) in [6.07, 6.45) is 2.52. The molecule has 7 nitrogen and oxygen atoms in total. The molecule has 1 fully saturated rings.